The van der Waals surface area contributed by atoms with E-state index in [1.54, 1.807) is 4.90 Å². The molecule has 0 aliphatic carbocycles. The van der Waals surface area contributed by atoms with Crippen LogP contribution >= 0.6 is 0 Å². The van der Waals surface area contributed by atoms with Gasteiger partial charge in [-0.05, 0) is 18.8 Å². The van der Waals surface area contributed by atoms with Gasteiger partial charge in [-0.2, -0.15) is 4.31 Å². The van der Waals surface area contributed by atoms with Gasteiger partial charge in [0.1, 0.15) is 0 Å². The van der Waals surface area contributed by atoms with Crippen molar-refractivity contribution >= 4 is 15.9 Å². The van der Waals surface area contributed by atoms with Gasteiger partial charge in [0.05, 0.1) is 12.3 Å². The van der Waals surface area contributed by atoms with E-state index in [-0.39, 0.29) is 17.9 Å². The molecule has 0 radical (unpaired) electrons. The first-order valence-electron chi connectivity index (χ1n) is 7.19. The topological polar surface area (TPSA) is 83.7 Å². The number of rotatable bonds is 5. The average molecular weight is 305 g/mol. The Kier molecular flexibility index (Phi) is 5.97. The number of nitrogens with zero attached hydrogens (tertiary/aromatic N) is 2. The van der Waals surface area contributed by atoms with Crippen molar-refractivity contribution in [2.24, 2.45) is 11.7 Å². The average Bonchev–Trinajstić information content (AvgIpc) is 2.37. The monoisotopic (exact) mass is 305 g/mol. The summed E-state index contributed by atoms with van der Waals surface area (Å²) in [5.74, 6) is 0.0873. The molecule has 1 aliphatic rings. The molecule has 0 aromatic rings. The van der Waals surface area contributed by atoms with Gasteiger partial charge in [0, 0.05) is 25.7 Å². The van der Waals surface area contributed by atoms with Crippen molar-refractivity contribution in [2.45, 2.75) is 45.7 Å². The summed E-state index contributed by atoms with van der Waals surface area (Å²) in [7, 11) is -3.18. The lowest BCUT2D eigenvalue weighted by molar-refractivity contribution is -0.134. The van der Waals surface area contributed by atoms with E-state index in [1.165, 1.54) is 10.6 Å². The van der Waals surface area contributed by atoms with Crippen LogP contribution in [-0.2, 0) is 14.8 Å². The first kappa shape index (κ1) is 17.4. The molecule has 1 atom stereocenters. The fourth-order valence-corrected chi connectivity index (χ4v) is 3.86. The van der Waals surface area contributed by atoms with Crippen molar-refractivity contribution in [3.05, 3.63) is 0 Å². The number of amides is 1. The first-order valence-corrected chi connectivity index (χ1v) is 9.04. The van der Waals surface area contributed by atoms with Crippen molar-refractivity contribution in [3.63, 3.8) is 0 Å². The molecule has 0 saturated carbocycles. The standard InChI is InChI=1S/C13H27N3O3S/c1-5-16(20(4,18)19)11-6-8-15(9-7-11)13(17)12(14)10(2)3/h10-12H,5-9,14H2,1-4H3/t12-/m0/s1. The van der Waals surface area contributed by atoms with E-state index in [0.717, 1.165) is 0 Å². The molecule has 0 aromatic heterocycles. The van der Waals surface area contributed by atoms with E-state index >= 15 is 0 Å². The number of carbonyl (C=O) groups is 1. The van der Waals surface area contributed by atoms with Gasteiger partial charge in [0.2, 0.25) is 15.9 Å². The van der Waals surface area contributed by atoms with Crippen LogP contribution in [0.5, 0.6) is 0 Å². The van der Waals surface area contributed by atoms with Crippen LogP contribution in [0, 0.1) is 5.92 Å². The minimum absolute atomic E-state index is 0.00526. The van der Waals surface area contributed by atoms with Crippen LogP contribution in [0.4, 0.5) is 0 Å². The second-order valence-electron chi connectivity index (χ2n) is 5.79. The van der Waals surface area contributed by atoms with Gasteiger partial charge >= 0.3 is 0 Å². The molecule has 0 unspecified atom stereocenters. The third-order valence-corrected chi connectivity index (χ3v) is 5.33. The molecule has 7 heteroatoms. The largest absolute Gasteiger partial charge is 0.341 e. The Labute approximate surface area is 122 Å². The predicted octanol–water partition coefficient (Wildman–Crippen LogP) is 0.242. The van der Waals surface area contributed by atoms with E-state index < -0.39 is 16.1 Å². The fourth-order valence-electron chi connectivity index (χ4n) is 2.63. The lowest BCUT2D eigenvalue weighted by atomic mass is 10.0. The van der Waals surface area contributed by atoms with Crippen molar-refractivity contribution in [2.75, 3.05) is 25.9 Å². The highest BCUT2D eigenvalue weighted by Crippen LogP contribution is 2.20. The van der Waals surface area contributed by atoms with E-state index in [1.807, 2.05) is 20.8 Å². The molecular formula is C13H27N3O3S. The number of piperidine rings is 1. The smallest absolute Gasteiger partial charge is 0.239 e. The summed E-state index contributed by atoms with van der Waals surface area (Å²) in [6.45, 7) is 7.33. The molecule has 0 aromatic carbocycles. The summed E-state index contributed by atoms with van der Waals surface area (Å²) in [6, 6.07) is -0.474. The van der Waals surface area contributed by atoms with Crippen LogP contribution in [-0.4, -0.2) is 61.5 Å². The number of hydrogen-bond donors (Lipinski definition) is 1. The minimum atomic E-state index is -3.18. The quantitative estimate of drug-likeness (QED) is 0.789. The second kappa shape index (κ2) is 6.87. The molecule has 1 rings (SSSR count). The number of nitrogens with two attached hydrogens (primary N) is 1. The SMILES string of the molecule is CCN(C1CCN(C(=O)[C@@H](N)C(C)C)CC1)S(C)(=O)=O. The molecule has 1 aliphatic heterocycles. The normalized spacial score (nSPS) is 19.6. The maximum atomic E-state index is 12.2. The molecule has 1 fully saturated rings. The van der Waals surface area contributed by atoms with Gasteiger partial charge in [-0.25, -0.2) is 8.42 Å². The highest BCUT2D eigenvalue weighted by Gasteiger charge is 2.32. The molecule has 20 heavy (non-hydrogen) atoms. The van der Waals surface area contributed by atoms with Gasteiger partial charge in [-0.15, -0.1) is 0 Å². The van der Waals surface area contributed by atoms with E-state index in [4.69, 9.17) is 5.73 Å². The molecule has 6 nitrogen and oxygen atoms in total. The molecule has 0 spiro atoms. The number of likely N-dealkylation sites (tertiary alicyclic amines) is 1. The Balaban J connectivity index is 2.62. The summed E-state index contributed by atoms with van der Waals surface area (Å²) in [6.07, 6.45) is 2.59. The zero-order valence-corrected chi connectivity index (χ0v) is 13.7. The van der Waals surface area contributed by atoms with Crippen LogP contribution < -0.4 is 5.73 Å². The van der Waals surface area contributed by atoms with Crippen LogP contribution in [0.3, 0.4) is 0 Å². The van der Waals surface area contributed by atoms with Crippen LogP contribution in [0.15, 0.2) is 0 Å². The van der Waals surface area contributed by atoms with Gasteiger partial charge in [-0.3, -0.25) is 4.79 Å². The Morgan fingerprint density at radius 3 is 2.20 bits per heavy atom. The molecule has 0 bridgehead atoms. The molecule has 118 valence electrons. The second-order valence-corrected chi connectivity index (χ2v) is 7.73. The highest BCUT2D eigenvalue weighted by molar-refractivity contribution is 7.88. The third-order valence-electron chi connectivity index (χ3n) is 3.92. The third kappa shape index (κ3) is 4.17. The van der Waals surface area contributed by atoms with E-state index in [0.29, 0.717) is 32.5 Å². The number of hydrogen-bond acceptors (Lipinski definition) is 4. The molecule has 2 N–H and O–H groups in total. The first-order chi connectivity index (χ1) is 9.18. The Bertz CT molecular complexity index is 428. The Morgan fingerprint density at radius 1 is 1.35 bits per heavy atom. The Hall–Kier alpha value is -0.660. The molecule has 1 amide bonds. The maximum absolute atomic E-state index is 12.2. The van der Waals surface area contributed by atoms with Crippen LogP contribution in [0.1, 0.15) is 33.6 Å². The van der Waals surface area contributed by atoms with Gasteiger partial charge < -0.3 is 10.6 Å². The lowest BCUT2D eigenvalue weighted by Gasteiger charge is -2.38. The molecule has 1 heterocycles. The number of carbonyl (C=O) groups excluding carboxylic acids is 1. The maximum Gasteiger partial charge on any atom is 0.239 e. The summed E-state index contributed by atoms with van der Waals surface area (Å²) >= 11 is 0. The van der Waals surface area contributed by atoms with Crippen LogP contribution in [0.25, 0.3) is 0 Å². The summed E-state index contributed by atoms with van der Waals surface area (Å²) < 4.78 is 24.9. The van der Waals surface area contributed by atoms with E-state index in [2.05, 4.69) is 0 Å². The zero-order valence-electron chi connectivity index (χ0n) is 12.9. The predicted molar refractivity (Wildman–Crippen MR) is 79.6 cm³/mol. The van der Waals surface area contributed by atoms with Crippen molar-refractivity contribution in [1.29, 1.82) is 0 Å². The van der Waals surface area contributed by atoms with Gasteiger partial charge in [0.15, 0.2) is 0 Å². The summed E-state index contributed by atoms with van der Waals surface area (Å²) in [5, 5.41) is 0. The highest BCUT2D eigenvalue weighted by atomic mass is 32.2. The van der Waals surface area contributed by atoms with Crippen LogP contribution in [0.2, 0.25) is 0 Å². The van der Waals surface area contributed by atoms with Crippen molar-refractivity contribution in [1.82, 2.24) is 9.21 Å². The molecule has 1 saturated heterocycles. The van der Waals surface area contributed by atoms with Crippen molar-refractivity contribution < 1.29 is 13.2 Å². The molecular weight excluding hydrogens is 278 g/mol. The van der Waals surface area contributed by atoms with Gasteiger partial charge in [0.25, 0.3) is 0 Å². The number of sulfonamides is 1. The summed E-state index contributed by atoms with van der Waals surface area (Å²) in [5.41, 5.74) is 5.88. The fraction of sp³-hybridized carbons (Fsp3) is 0.923. The lowest BCUT2D eigenvalue weighted by Crippen LogP contribution is -2.53. The van der Waals surface area contributed by atoms with Gasteiger partial charge in [-0.1, -0.05) is 20.8 Å². The van der Waals surface area contributed by atoms with Crippen molar-refractivity contribution in [3.8, 4) is 0 Å². The summed E-state index contributed by atoms with van der Waals surface area (Å²) in [4.78, 5) is 13.9. The Morgan fingerprint density at radius 2 is 1.85 bits per heavy atom. The van der Waals surface area contributed by atoms with E-state index in [9.17, 15) is 13.2 Å². The minimum Gasteiger partial charge on any atom is -0.341 e. The zero-order chi connectivity index (χ0) is 15.5.